The molecule has 1 aliphatic heterocycles. The number of sulfonamides is 1. The predicted molar refractivity (Wildman–Crippen MR) is 90.5 cm³/mol. The van der Waals surface area contributed by atoms with E-state index in [0.29, 0.717) is 24.5 Å². The van der Waals surface area contributed by atoms with Gasteiger partial charge in [-0.2, -0.15) is 0 Å². The molecule has 136 valence electrons. The maximum absolute atomic E-state index is 12.1. The smallest absolute Gasteiger partial charge is 0.320 e. The van der Waals surface area contributed by atoms with Crippen LogP contribution >= 0.6 is 0 Å². The van der Waals surface area contributed by atoms with Gasteiger partial charge in [-0.25, -0.2) is 17.5 Å². The highest BCUT2D eigenvalue weighted by molar-refractivity contribution is 7.88. The Bertz CT molecular complexity index is 857. The molecule has 0 saturated carbocycles. The van der Waals surface area contributed by atoms with Crippen molar-refractivity contribution in [3.8, 4) is 11.3 Å². The van der Waals surface area contributed by atoms with E-state index in [1.165, 1.54) is 10.6 Å². The maximum Gasteiger partial charge on any atom is 0.320 e. The lowest BCUT2D eigenvalue weighted by Crippen LogP contribution is -2.50. The fourth-order valence-corrected chi connectivity index (χ4v) is 3.71. The SMILES string of the molecule is Cc1occc1-c1cc(NC(=O)N[C@H]2CCCN(S(C)(=O)=O)C2)no1. The summed E-state index contributed by atoms with van der Waals surface area (Å²) in [6, 6.07) is 2.65. The Morgan fingerprint density at radius 3 is 2.92 bits per heavy atom. The molecule has 2 N–H and O–H groups in total. The standard InChI is InChI=1S/C15H20N4O5S/c1-10-12(5-7-23-10)13-8-14(18-24-13)17-15(20)16-11-4-3-6-19(9-11)25(2,21)22/h5,7-8,11H,3-4,6,9H2,1-2H3,(H2,16,17,18,20)/t11-/m0/s1. The number of urea groups is 1. The average molecular weight is 368 g/mol. The fraction of sp³-hybridized carbons (Fsp3) is 0.467. The first-order valence-electron chi connectivity index (χ1n) is 7.87. The summed E-state index contributed by atoms with van der Waals surface area (Å²) >= 11 is 0. The van der Waals surface area contributed by atoms with Gasteiger partial charge in [-0.1, -0.05) is 5.16 Å². The zero-order valence-corrected chi connectivity index (χ0v) is 14.8. The zero-order valence-electron chi connectivity index (χ0n) is 14.0. The molecule has 0 unspecified atom stereocenters. The van der Waals surface area contributed by atoms with Crippen LogP contribution in [0.5, 0.6) is 0 Å². The Hall–Kier alpha value is -2.33. The van der Waals surface area contributed by atoms with E-state index in [2.05, 4.69) is 15.8 Å². The zero-order chi connectivity index (χ0) is 18.0. The molecule has 0 aliphatic carbocycles. The summed E-state index contributed by atoms with van der Waals surface area (Å²) in [6.45, 7) is 2.55. The number of hydrogen-bond donors (Lipinski definition) is 2. The number of hydrogen-bond acceptors (Lipinski definition) is 6. The summed E-state index contributed by atoms with van der Waals surface area (Å²) in [7, 11) is -3.25. The molecule has 0 radical (unpaired) electrons. The molecule has 3 rings (SSSR count). The van der Waals surface area contributed by atoms with Crippen LogP contribution in [0.15, 0.2) is 27.3 Å². The lowest BCUT2D eigenvalue weighted by Gasteiger charge is -2.31. The number of furan rings is 1. The second-order valence-corrected chi connectivity index (χ2v) is 8.01. The summed E-state index contributed by atoms with van der Waals surface area (Å²) < 4.78 is 35.0. The first-order valence-corrected chi connectivity index (χ1v) is 9.71. The first-order chi connectivity index (χ1) is 11.8. The molecule has 1 fully saturated rings. The highest BCUT2D eigenvalue weighted by Gasteiger charge is 2.27. The van der Waals surface area contributed by atoms with E-state index in [1.54, 1.807) is 25.3 Å². The van der Waals surface area contributed by atoms with Gasteiger partial charge in [0.1, 0.15) is 5.76 Å². The van der Waals surface area contributed by atoms with E-state index in [9.17, 15) is 13.2 Å². The minimum Gasteiger partial charge on any atom is -0.469 e. The number of anilines is 1. The molecular weight excluding hydrogens is 348 g/mol. The van der Waals surface area contributed by atoms with E-state index in [0.717, 1.165) is 12.0 Å². The summed E-state index contributed by atoms with van der Waals surface area (Å²) in [5.74, 6) is 1.45. The Kier molecular flexibility index (Phi) is 4.82. The molecule has 0 aromatic carbocycles. The van der Waals surface area contributed by atoms with Crippen LogP contribution in [0.1, 0.15) is 18.6 Å². The normalized spacial score (nSPS) is 18.9. The second kappa shape index (κ2) is 6.89. The van der Waals surface area contributed by atoms with Crippen molar-refractivity contribution in [1.29, 1.82) is 0 Å². The number of nitrogens with zero attached hydrogens (tertiary/aromatic N) is 2. The van der Waals surface area contributed by atoms with E-state index in [-0.39, 0.29) is 18.4 Å². The van der Waals surface area contributed by atoms with Crippen LogP contribution in [-0.4, -0.2) is 49.3 Å². The molecule has 3 heterocycles. The van der Waals surface area contributed by atoms with Crippen molar-refractivity contribution in [1.82, 2.24) is 14.8 Å². The van der Waals surface area contributed by atoms with Crippen molar-refractivity contribution in [2.75, 3.05) is 24.7 Å². The van der Waals surface area contributed by atoms with E-state index in [1.807, 2.05) is 0 Å². The third-order valence-electron chi connectivity index (χ3n) is 4.06. The minimum atomic E-state index is -3.25. The summed E-state index contributed by atoms with van der Waals surface area (Å²) in [4.78, 5) is 12.1. The van der Waals surface area contributed by atoms with Crippen molar-refractivity contribution in [3.63, 3.8) is 0 Å². The van der Waals surface area contributed by atoms with Crippen LogP contribution < -0.4 is 10.6 Å². The predicted octanol–water partition coefficient (Wildman–Crippen LogP) is 1.79. The number of aromatic nitrogens is 1. The molecule has 10 heteroatoms. The van der Waals surface area contributed by atoms with Crippen molar-refractivity contribution in [2.24, 2.45) is 0 Å². The third kappa shape index (κ3) is 4.20. The van der Waals surface area contributed by atoms with Crippen LogP contribution in [0.4, 0.5) is 10.6 Å². The van der Waals surface area contributed by atoms with E-state index < -0.39 is 16.1 Å². The van der Waals surface area contributed by atoms with Crippen LogP contribution in [0.25, 0.3) is 11.3 Å². The highest BCUT2D eigenvalue weighted by atomic mass is 32.2. The Labute approximate surface area is 145 Å². The van der Waals surface area contributed by atoms with E-state index in [4.69, 9.17) is 8.94 Å². The summed E-state index contributed by atoms with van der Waals surface area (Å²) in [6.07, 6.45) is 4.14. The fourth-order valence-electron chi connectivity index (χ4n) is 2.80. The number of amides is 2. The molecule has 0 spiro atoms. The molecular formula is C15H20N4O5S. The molecule has 1 aliphatic rings. The average Bonchev–Trinajstić information content (AvgIpc) is 3.15. The molecule has 9 nitrogen and oxygen atoms in total. The van der Waals surface area contributed by atoms with Gasteiger partial charge in [-0.05, 0) is 25.8 Å². The Morgan fingerprint density at radius 2 is 2.24 bits per heavy atom. The van der Waals surface area contributed by atoms with Crippen LogP contribution in [0.3, 0.4) is 0 Å². The molecule has 25 heavy (non-hydrogen) atoms. The molecule has 1 atom stereocenters. The second-order valence-electron chi connectivity index (χ2n) is 6.03. The van der Waals surface area contributed by atoms with Gasteiger partial charge < -0.3 is 14.3 Å². The van der Waals surface area contributed by atoms with Gasteiger partial charge in [0.2, 0.25) is 10.0 Å². The van der Waals surface area contributed by atoms with E-state index >= 15 is 0 Å². The Balaban J connectivity index is 1.58. The minimum absolute atomic E-state index is 0.244. The van der Waals surface area contributed by atoms with Crippen molar-refractivity contribution in [2.45, 2.75) is 25.8 Å². The highest BCUT2D eigenvalue weighted by Crippen LogP contribution is 2.26. The van der Waals surface area contributed by atoms with Gasteiger partial charge in [-0.15, -0.1) is 0 Å². The van der Waals surface area contributed by atoms with Crippen molar-refractivity contribution >= 4 is 21.9 Å². The monoisotopic (exact) mass is 368 g/mol. The van der Waals surface area contributed by atoms with Crippen molar-refractivity contribution in [3.05, 3.63) is 24.2 Å². The van der Waals surface area contributed by atoms with Crippen molar-refractivity contribution < 1.29 is 22.2 Å². The van der Waals surface area contributed by atoms with Gasteiger partial charge in [-0.3, -0.25) is 5.32 Å². The van der Waals surface area contributed by atoms with Gasteiger partial charge in [0.25, 0.3) is 0 Å². The maximum atomic E-state index is 12.1. The molecule has 2 aromatic rings. The van der Waals surface area contributed by atoms with Gasteiger partial charge >= 0.3 is 6.03 Å². The number of aryl methyl sites for hydroxylation is 1. The van der Waals surface area contributed by atoms with Gasteiger partial charge in [0.05, 0.1) is 18.1 Å². The lowest BCUT2D eigenvalue weighted by atomic mass is 10.1. The largest absolute Gasteiger partial charge is 0.469 e. The lowest BCUT2D eigenvalue weighted by molar-refractivity contribution is 0.236. The molecule has 0 bridgehead atoms. The number of carbonyl (C=O) groups is 1. The summed E-state index contributed by atoms with van der Waals surface area (Å²) in [5, 5.41) is 9.17. The van der Waals surface area contributed by atoms with Gasteiger partial charge in [0.15, 0.2) is 11.6 Å². The number of carbonyl (C=O) groups excluding carboxylic acids is 1. The third-order valence-corrected chi connectivity index (χ3v) is 5.33. The number of nitrogens with one attached hydrogen (secondary N) is 2. The Morgan fingerprint density at radius 1 is 1.44 bits per heavy atom. The van der Waals surface area contributed by atoms with Crippen LogP contribution in [0.2, 0.25) is 0 Å². The molecule has 2 amide bonds. The molecule has 2 aromatic heterocycles. The van der Waals surface area contributed by atoms with Crippen LogP contribution in [0, 0.1) is 6.92 Å². The topological polar surface area (TPSA) is 118 Å². The van der Waals surface area contributed by atoms with Gasteiger partial charge in [0, 0.05) is 25.2 Å². The first kappa shape index (κ1) is 17.5. The molecule has 1 saturated heterocycles. The quantitative estimate of drug-likeness (QED) is 0.849. The van der Waals surface area contributed by atoms with Crippen LogP contribution in [-0.2, 0) is 10.0 Å². The number of piperidine rings is 1. The number of rotatable bonds is 4. The summed E-state index contributed by atoms with van der Waals surface area (Å²) in [5.41, 5.74) is 0.761.